The van der Waals surface area contributed by atoms with Crippen LogP contribution >= 0.6 is 15.9 Å². The van der Waals surface area contributed by atoms with Crippen molar-refractivity contribution in [2.75, 3.05) is 0 Å². The zero-order valence-corrected chi connectivity index (χ0v) is 10.6. The highest BCUT2D eigenvalue weighted by Crippen LogP contribution is 2.12. The van der Waals surface area contributed by atoms with Crippen molar-refractivity contribution in [3.63, 3.8) is 0 Å². The number of carbonyl (C=O) groups is 1. The molecule has 0 atom stereocenters. The predicted octanol–water partition coefficient (Wildman–Crippen LogP) is 2.95. The smallest absolute Gasteiger partial charge is 0.271 e. The summed E-state index contributed by atoms with van der Waals surface area (Å²) in [6, 6.07) is 8.74. The van der Waals surface area contributed by atoms with Crippen molar-refractivity contribution >= 4 is 28.1 Å². The molecular weight excluding hydrogens is 303 g/mol. The molecule has 0 unspecified atom stereocenters. The SMILES string of the molecule is O=C(N/N=C\c1ccc(Br)o1)c1cccc(F)c1. The van der Waals surface area contributed by atoms with Crippen LogP contribution in [0.4, 0.5) is 4.39 Å². The van der Waals surface area contributed by atoms with E-state index in [1.54, 1.807) is 12.1 Å². The van der Waals surface area contributed by atoms with E-state index in [4.69, 9.17) is 4.42 Å². The maximum atomic E-state index is 12.9. The van der Waals surface area contributed by atoms with Gasteiger partial charge in [0.05, 0.1) is 6.21 Å². The van der Waals surface area contributed by atoms with Gasteiger partial charge in [0.25, 0.3) is 5.91 Å². The van der Waals surface area contributed by atoms with Crippen molar-refractivity contribution in [2.24, 2.45) is 5.10 Å². The summed E-state index contributed by atoms with van der Waals surface area (Å²) in [4.78, 5) is 11.6. The number of hydrogen-bond donors (Lipinski definition) is 1. The number of amides is 1. The fourth-order valence-corrected chi connectivity index (χ4v) is 1.57. The minimum atomic E-state index is -0.489. The fraction of sp³-hybridized carbons (Fsp3) is 0. The molecule has 0 bridgehead atoms. The predicted molar refractivity (Wildman–Crippen MR) is 67.9 cm³/mol. The second kappa shape index (κ2) is 5.59. The van der Waals surface area contributed by atoms with Crippen LogP contribution in [0.5, 0.6) is 0 Å². The molecule has 0 radical (unpaired) electrons. The first-order chi connectivity index (χ1) is 8.65. The highest BCUT2D eigenvalue weighted by molar-refractivity contribution is 9.10. The third-order valence-corrected chi connectivity index (χ3v) is 2.46. The summed E-state index contributed by atoms with van der Waals surface area (Å²) in [5.74, 6) is -0.473. The van der Waals surface area contributed by atoms with Crippen LogP contribution in [0, 0.1) is 5.82 Å². The topological polar surface area (TPSA) is 54.6 Å². The van der Waals surface area contributed by atoms with Gasteiger partial charge in [0.1, 0.15) is 11.6 Å². The Kier molecular flexibility index (Phi) is 3.88. The Balaban J connectivity index is 1.98. The number of nitrogens with one attached hydrogen (secondary N) is 1. The minimum Gasteiger partial charge on any atom is -0.448 e. The lowest BCUT2D eigenvalue weighted by Gasteiger charge is -1.98. The number of hydrogen-bond acceptors (Lipinski definition) is 3. The van der Waals surface area contributed by atoms with Gasteiger partial charge < -0.3 is 4.42 Å². The summed E-state index contributed by atoms with van der Waals surface area (Å²) in [6.07, 6.45) is 1.35. The molecule has 1 aromatic heterocycles. The standard InChI is InChI=1S/C12H8BrFN2O2/c13-11-5-4-10(18-11)7-15-16-12(17)8-2-1-3-9(14)6-8/h1-7H,(H,16,17)/b15-7-. The number of carbonyl (C=O) groups excluding carboxylic acids is 1. The first-order valence-electron chi connectivity index (χ1n) is 4.99. The van der Waals surface area contributed by atoms with E-state index in [-0.39, 0.29) is 5.56 Å². The molecule has 0 saturated heterocycles. The summed E-state index contributed by atoms with van der Waals surface area (Å²) >= 11 is 3.14. The summed E-state index contributed by atoms with van der Waals surface area (Å²) in [6.45, 7) is 0. The van der Waals surface area contributed by atoms with Crippen LogP contribution in [-0.2, 0) is 0 Å². The van der Waals surface area contributed by atoms with Gasteiger partial charge in [-0.3, -0.25) is 4.79 Å². The van der Waals surface area contributed by atoms with Crippen molar-refractivity contribution in [3.8, 4) is 0 Å². The van der Waals surface area contributed by atoms with Crippen LogP contribution in [0.3, 0.4) is 0 Å². The van der Waals surface area contributed by atoms with E-state index in [1.165, 1.54) is 24.4 Å². The zero-order valence-electron chi connectivity index (χ0n) is 9.06. The second-order valence-corrected chi connectivity index (χ2v) is 4.13. The molecular formula is C12H8BrFN2O2. The van der Waals surface area contributed by atoms with Crippen LogP contribution < -0.4 is 5.43 Å². The summed E-state index contributed by atoms with van der Waals surface area (Å²) in [5.41, 5.74) is 2.47. The molecule has 92 valence electrons. The van der Waals surface area contributed by atoms with Gasteiger partial charge in [0.2, 0.25) is 0 Å². The van der Waals surface area contributed by atoms with Crippen molar-refractivity contribution in [3.05, 3.63) is 58.2 Å². The van der Waals surface area contributed by atoms with E-state index in [0.29, 0.717) is 10.4 Å². The molecule has 2 rings (SSSR count). The third-order valence-electron chi connectivity index (χ3n) is 2.04. The summed E-state index contributed by atoms with van der Waals surface area (Å²) < 4.78 is 18.6. The normalized spacial score (nSPS) is 10.8. The summed E-state index contributed by atoms with van der Waals surface area (Å²) in [7, 11) is 0. The van der Waals surface area contributed by atoms with Crippen molar-refractivity contribution in [1.29, 1.82) is 0 Å². The largest absolute Gasteiger partial charge is 0.448 e. The molecule has 1 heterocycles. The van der Waals surface area contributed by atoms with Gasteiger partial charge in [0.15, 0.2) is 4.67 Å². The maximum absolute atomic E-state index is 12.9. The number of nitrogens with zero attached hydrogens (tertiary/aromatic N) is 1. The lowest BCUT2D eigenvalue weighted by Crippen LogP contribution is -2.17. The lowest BCUT2D eigenvalue weighted by molar-refractivity contribution is 0.0954. The average molecular weight is 311 g/mol. The van der Waals surface area contributed by atoms with Crippen LogP contribution in [-0.4, -0.2) is 12.1 Å². The molecule has 1 amide bonds. The van der Waals surface area contributed by atoms with E-state index in [0.717, 1.165) is 6.07 Å². The van der Waals surface area contributed by atoms with Crippen LogP contribution in [0.25, 0.3) is 0 Å². The van der Waals surface area contributed by atoms with Gasteiger partial charge in [-0.05, 0) is 46.3 Å². The van der Waals surface area contributed by atoms with Gasteiger partial charge >= 0.3 is 0 Å². The van der Waals surface area contributed by atoms with E-state index >= 15 is 0 Å². The Labute approximate surface area is 111 Å². The quantitative estimate of drug-likeness (QED) is 0.700. The number of hydrazone groups is 1. The molecule has 18 heavy (non-hydrogen) atoms. The lowest BCUT2D eigenvalue weighted by atomic mass is 10.2. The third kappa shape index (κ3) is 3.27. The first-order valence-corrected chi connectivity index (χ1v) is 5.79. The van der Waals surface area contributed by atoms with E-state index in [2.05, 4.69) is 26.5 Å². The van der Waals surface area contributed by atoms with Gasteiger partial charge in [-0.15, -0.1) is 0 Å². The van der Waals surface area contributed by atoms with E-state index in [1.807, 2.05) is 0 Å². The Bertz CT molecular complexity index is 595. The Hall–Kier alpha value is -1.95. The number of rotatable bonds is 3. The monoisotopic (exact) mass is 310 g/mol. The van der Waals surface area contributed by atoms with Crippen molar-refractivity contribution < 1.29 is 13.6 Å². The van der Waals surface area contributed by atoms with Gasteiger partial charge in [-0.2, -0.15) is 5.10 Å². The van der Waals surface area contributed by atoms with Gasteiger partial charge in [0, 0.05) is 5.56 Å². The number of benzene rings is 1. The molecule has 0 saturated carbocycles. The maximum Gasteiger partial charge on any atom is 0.271 e. The molecule has 4 nitrogen and oxygen atoms in total. The molecule has 0 fully saturated rings. The Morgan fingerprint density at radius 2 is 2.22 bits per heavy atom. The first kappa shape index (κ1) is 12.5. The van der Waals surface area contributed by atoms with Gasteiger partial charge in [-0.1, -0.05) is 6.07 Å². The number of halogens is 2. The second-order valence-electron chi connectivity index (χ2n) is 3.35. The van der Waals surface area contributed by atoms with E-state index < -0.39 is 11.7 Å². The molecule has 6 heteroatoms. The molecule has 0 aliphatic heterocycles. The zero-order chi connectivity index (χ0) is 13.0. The Morgan fingerprint density at radius 1 is 1.39 bits per heavy atom. The highest BCUT2D eigenvalue weighted by Gasteiger charge is 2.04. The highest BCUT2D eigenvalue weighted by atomic mass is 79.9. The molecule has 0 aliphatic rings. The van der Waals surface area contributed by atoms with Crippen LogP contribution in [0.15, 0.2) is 50.6 Å². The average Bonchev–Trinajstić information content (AvgIpc) is 2.75. The molecule has 1 N–H and O–H groups in total. The van der Waals surface area contributed by atoms with E-state index in [9.17, 15) is 9.18 Å². The van der Waals surface area contributed by atoms with Crippen LogP contribution in [0.2, 0.25) is 0 Å². The minimum absolute atomic E-state index is 0.202. The van der Waals surface area contributed by atoms with Gasteiger partial charge in [-0.25, -0.2) is 9.82 Å². The van der Waals surface area contributed by atoms with Crippen molar-refractivity contribution in [1.82, 2.24) is 5.43 Å². The molecule has 1 aromatic carbocycles. The number of furan rings is 1. The molecule has 0 aliphatic carbocycles. The molecule has 2 aromatic rings. The molecule has 0 spiro atoms. The van der Waals surface area contributed by atoms with Crippen molar-refractivity contribution in [2.45, 2.75) is 0 Å². The summed E-state index contributed by atoms with van der Waals surface area (Å²) in [5, 5.41) is 3.70. The fourth-order valence-electron chi connectivity index (χ4n) is 1.25. The Morgan fingerprint density at radius 3 is 2.89 bits per heavy atom. The van der Waals surface area contributed by atoms with Crippen LogP contribution in [0.1, 0.15) is 16.1 Å².